The summed E-state index contributed by atoms with van der Waals surface area (Å²) in [6, 6.07) is 31.1. The van der Waals surface area contributed by atoms with E-state index in [9.17, 15) is 0 Å². The Labute approximate surface area is 299 Å². The van der Waals surface area contributed by atoms with Crippen LogP contribution in [-0.4, -0.2) is 7.42 Å². The zero-order valence-electron chi connectivity index (χ0n) is 28.8. The van der Waals surface area contributed by atoms with E-state index in [2.05, 4.69) is 143 Å². The van der Waals surface area contributed by atoms with Gasteiger partial charge in [0.2, 0.25) is 0 Å². The van der Waals surface area contributed by atoms with Crippen molar-refractivity contribution in [1.82, 2.24) is 0 Å². The molecule has 4 aromatic carbocycles. The van der Waals surface area contributed by atoms with Crippen molar-refractivity contribution in [3.8, 4) is 11.1 Å². The molecule has 0 bridgehead atoms. The summed E-state index contributed by atoms with van der Waals surface area (Å²) in [6.07, 6.45) is 6.55. The predicted molar refractivity (Wildman–Crippen MR) is 200 cm³/mol. The van der Waals surface area contributed by atoms with E-state index < -0.39 is 22.3 Å². The first kappa shape index (κ1) is 36.4. The van der Waals surface area contributed by atoms with Crippen LogP contribution in [0.4, 0.5) is 0 Å². The van der Waals surface area contributed by atoms with E-state index in [1.54, 1.807) is 0 Å². The third-order valence-corrected chi connectivity index (χ3v) is 11.2. The molecule has 46 heavy (non-hydrogen) atoms. The van der Waals surface area contributed by atoms with Crippen LogP contribution < -0.4 is 0 Å². The molecule has 0 spiro atoms. The Morgan fingerprint density at radius 3 is 1.70 bits per heavy atom. The minimum atomic E-state index is -0.623. The van der Waals surface area contributed by atoms with Gasteiger partial charge >= 0.3 is 123 Å². The molecule has 0 fully saturated rings. The van der Waals surface area contributed by atoms with Gasteiger partial charge in [0, 0.05) is 0 Å². The number of hydrogen-bond acceptors (Lipinski definition) is 0. The number of benzene rings is 4. The van der Waals surface area contributed by atoms with Crippen molar-refractivity contribution in [2.45, 2.75) is 79.6 Å². The van der Waals surface area contributed by atoms with Crippen molar-refractivity contribution in [3.05, 3.63) is 152 Å². The molecule has 4 aromatic rings. The summed E-state index contributed by atoms with van der Waals surface area (Å²) in [7, 11) is 0. The van der Waals surface area contributed by atoms with E-state index in [-0.39, 0.29) is 10.8 Å². The third kappa shape index (κ3) is 10.3. The number of allylic oxidation sites excluding steroid dienone is 4. The van der Waals surface area contributed by atoms with Crippen molar-refractivity contribution in [1.29, 1.82) is 0 Å². The fraction of sp³-hybridized carbons (Fsp3) is 0.302. The van der Waals surface area contributed by atoms with Crippen LogP contribution in [0.3, 0.4) is 0 Å². The van der Waals surface area contributed by atoms with E-state index in [0.717, 1.165) is 16.5 Å². The molecular formula is C43H46Cl2Zr-2. The zero-order chi connectivity index (χ0) is 33.6. The second-order valence-electron chi connectivity index (χ2n) is 14.3. The van der Waals surface area contributed by atoms with Gasteiger partial charge in [-0.1, -0.05) is 85.1 Å². The zero-order valence-corrected chi connectivity index (χ0v) is 32.7. The molecule has 0 saturated heterocycles. The van der Waals surface area contributed by atoms with Crippen molar-refractivity contribution in [3.63, 3.8) is 0 Å². The Kier molecular flexibility index (Phi) is 12.4. The summed E-state index contributed by atoms with van der Waals surface area (Å²) < 4.78 is 4.66. The van der Waals surface area contributed by atoms with Crippen LogP contribution in [0.25, 0.3) is 11.1 Å². The quantitative estimate of drug-likeness (QED) is 0.159. The van der Waals surface area contributed by atoms with Crippen molar-refractivity contribution >= 4 is 30.6 Å². The maximum absolute atomic E-state index is 5.84. The minimum absolute atomic E-state index is 0.167. The summed E-state index contributed by atoms with van der Waals surface area (Å²) in [5, 5.41) is 1.57. The average Bonchev–Trinajstić information content (AvgIpc) is 3.51. The third-order valence-electron chi connectivity index (χ3n) is 8.24. The Morgan fingerprint density at radius 2 is 1.26 bits per heavy atom. The molecule has 0 nitrogen and oxygen atoms in total. The molecule has 1 unspecified atom stereocenters. The molecule has 0 N–H and O–H groups in total. The first-order valence-electron chi connectivity index (χ1n) is 16.0. The molecule has 0 aromatic heterocycles. The van der Waals surface area contributed by atoms with Gasteiger partial charge in [0.25, 0.3) is 0 Å². The van der Waals surface area contributed by atoms with Gasteiger partial charge in [0.15, 0.2) is 0 Å². The van der Waals surface area contributed by atoms with Crippen LogP contribution in [0.2, 0.25) is 10.0 Å². The van der Waals surface area contributed by atoms with Crippen LogP contribution in [0.15, 0.2) is 96.1 Å². The first-order chi connectivity index (χ1) is 21.6. The monoisotopic (exact) mass is 722 g/mol. The molecule has 0 aliphatic heterocycles. The van der Waals surface area contributed by atoms with Gasteiger partial charge in [-0.3, -0.25) is 6.08 Å². The van der Waals surface area contributed by atoms with Gasteiger partial charge in [-0.2, -0.15) is 29.8 Å². The number of fused-ring (bicyclic) bond motifs is 3. The predicted octanol–water partition coefficient (Wildman–Crippen LogP) is 12.1. The van der Waals surface area contributed by atoms with Crippen LogP contribution >= 0.6 is 23.2 Å². The first-order valence-corrected chi connectivity index (χ1v) is 19.6. The Morgan fingerprint density at radius 1 is 0.717 bits per heavy atom. The molecule has 238 valence electrons. The second kappa shape index (κ2) is 15.6. The van der Waals surface area contributed by atoms with Gasteiger partial charge in [-0.05, 0) is 28.4 Å². The maximum atomic E-state index is 5.84. The van der Waals surface area contributed by atoms with Crippen LogP contribution in [0.5, 0.6) is 0 Å². The molecule has 6 rings (SSSR count). The van der Waals surface area contributed by atoms with E-state index in [0.29, 0.717) is 5.92 Å². The van der Waals surface area contributed by atoms with Gasteiger partial charge in [-0.15, -0.1) is 18.1 Å². The number of rotatable bonds is 2. The van der Waals surface area contributed by atoms with Gasteiger partial charge in [-0.25, -0.2) is 11.1 Å². The van der Waals surface area contributed by atoms with E-state index in [1.807, 2.05) is 24.3 Å². The Bertz CT molecular complexity index is 1650. The van der Waals surface area contributed by atoms with Gasteiger partial charge < -0.3 is 0 Å². The van der Waals surface area contributed by atoms with E-state index >= 15 is 0 Å². The summed E-state index contributed by atoms with van der Waals surface area (Å²) in [4.78, 5) is 0. The molecule has 2 aliphatic carbocycles. The molecule has 0 amide bonds. The van der Waals surface area contributed by atoms with E-state index in [4.69, 9.17) is 23.2 Å². The summed E-state index contributed by atoms with van der Waals surface area (Å²) >= 11 is 11.0. The van der Waals surface area contributed by atoms with Gasteiger partial charge in [0.1, 0.15) is 0 Å². The van der Waals surface area contributed by atoms with Crippen LogP contribution in [-0.2, 0) is 39.5 Å². The SMILES string of the molecule is CC(C)(C)c1[c-]c2c(cc1)-c1ccc(C(C)(C)C)cc1C2.CC1=[C-]C(C)C=C1C.Clc1ccc([CH]=[Zr]=[CH]c2ccc(Cl)cc2)cc1. The fourth-order valence-electron chi connectivity index (χ4n) is 5.38. The second-order valence-corrected chi connectivity index (χ2v) is 17.4. The van der Waals surface area contributed by atoms with Crippen LogP contribution in [0.1, 0.15) is 95.7 Å². The molecule has 0 saturated carbocycles. The van der Waals surface area contributed by atoms with E-state index in [1.165, 1.54) is 55.7 Å². The Balaban J connectivity index is 0.000000172. The van der Waals surface area contributed by atoms with Crippen molar-refractivity contribution in [2.24, 2.45) is 5.92 Å². The van der Waals surface area contributed by atoms with Gasteiger partial charge in [0.05, 0.1) is 0 Å². The van der Waals surface area contributed by atoms with Crippen molar-refractivity contribution in [2.75, 3.05) is 0 Å². The number of hydrogen-bond donors (Lipinski definition) is 0. The summed E-state index contributed by atoms with van der Waals surface area (Å²) in [5.74, 6) is 0.551. The molecular weight excluding hydrogens is 679 g/mol. The summed E-state index contributed by atoms with van der Waals surface area (Å²) in [5.41, 5.74) is 13.9. The molecule has 0 heterocycles. The Hall–Kier alpha value is -2.44. The fourth-order valence-corrected chi connectivity index (χ4v) is 7.73. The average molecular weight is 725 g/mol. The molecule has 2 aliphatic rings. The molecule has 1 atom stereocenters. The topological polar surface area (TPSA) is 0 Å². The molecule has 0 radical (unpaired) electrons. The number of halogens is 2. The molecule has 3 heteroatoms. The summed E-state index contributed by atoms with van der Waals surface area (Å²) in [6.45, 7) is 20.0. The standard InChI is InChI=1S/C21H25.C8H11.2C7H5Cl.Zr/c1-20(2,3)16-7-9-18-14(12-16)11-15-13-17(21(4,5)6)8-10-19(15)18;1-6-4-7(2)8(3)5-6;2*1-6-2-4-7(8)5-3-6;/h7-10,12H,11H2,1-6H3;4,6H,1-3H3;2*1-5H;/q2*-1;;;. The van der Waals surface area contributed by atoms with Crippen LogP contribution in [0, 0.1) is 18.1 Å². The normalized spacial score (nSPS) is 14.7. The van der Waals surface area contributed by atoms with Crippen molar-refractivity contribution < 1.29 is 22.3 Å².